The van der Waals surface area contributed by atoms with Gasteiger partial charge in [0.25, 0.3) is 0 Å². The van der Waals surface area contributed by atoms with Crippen molar-refractivity contribution in [2.24, 2.45) is 0 Å². The molecular weight excluding hydrogens is 544 g/mol. The van der Waals surface area contributed by atoms with Crippen LogP contribution in [0, 0.1) is 24.7 Å². The van der Waals surface area contributed by atoms with E-state index in [-0.39, 0.29) is 0 Å². The summed E-state index contributed by atoms with van der Waals surface area (Å²) in [5.41, 5.74) is 3.57. The second-order valence-corrected chi connectivity index (χ2v) is 10.3. The molecule has 0 aromatic heterocycles. The van der Waals surface area contributed by atoms with Crippen molar-refractivity contribution in [1.82, 2.24) is 0 Å². The predicted molar refractivity (Wildman–Crippen MR) is 176 cm³/mol. The Labute approximate surface area is 260 Å². The maximum atomic E-state index is 6.54. The highest BCUT2D eigenvalue weighted by molar-refractivity contribution is 5.63. The van der Waals surface area contributed by atoms with Gasteiger partial charge in [-0.25, -0.2) is 0 Å². The van der Waals surface area contributed by atoms with E-state index in [2.05, 4.69) is 30.0 Å². The molecule has 5 aromatic carbocycles. The van der Waals surface area contributed by atoms with Crippen LogP contribution in [0.15, 0.2) is 121 Å². The molecule has 0 spiro atoms. The Balaban J connectivity index is 1.80. The van der Waals surface area contributed by atoms with E-state index in [0.717, 1.165) is 56.4 Å². The van der Waals surface area contributed by atoms with Gasteiger partial charge >= 0.3 is 0 Å². The van der Waals surface area contributed by atoms with E-state index in [9.17, 15) is 0 Å². The zero-order valence-electron chi connectivity index (χ0n) is 25.3. The molecule has 0 aliphatic heterocycles. The Hall–Kier alpha value is -5.58. The molecule has 0 fully saturated rings. The fraction of sp³-hybridized carbons (Fsp3) is 0.150. The Morgan fingerprint density at radius 1 is 0.386 bits per heavy atom. The first kappa shape index (κ1) is 29.9. The normalized spacial score (nSPS) is 11.1. The molecule has 0 heterocycles. The Kier molecular flexibility index (Phi) is 8.66. The van der Waals surface area contributed by atoms with E-state index in [1.54, 1.807) is 28.4 Å². The molecule has 44 heavy (non-hydrogen) atoms. The first-order chi connectivity index (χ1) is 21.5. The predicted octanol–water partition coefficient (Wildman–Crippen LogP) is 7.66. The summed E-state index contributed by atoms with van der Waals surface area (Å²) in [5, 5.41) is 0. The van der Waals surface area contributed by atoms with Crippen molar-refractivity contribution in [2.45, 2.75) is 10.8 Å². The van der Waals surface area contributed by atoms with Gasteiger partial charge in [0, 0.05) is 0 Å². The highest BCUT2D eigenvalue weighted by Gasteiger charge is 2.39. The molecule has 4 heteroatoms. The van der Waals surface area contributed by atoms with Crippen LogP contribution < -0.4 is 18.9 Å². The highest BCUT2D eigenvalue weighted by atomic mass is 16.5. The van der Waals surface area contributed by atoms with Gasteiger partial charge in [0.2, 0.25) is 0 Å². The van der Waals surface area contributed by atoms with Gasteiger partial charge in [-0.05, 0) is 81.9 Å². The first-order valence-electron chi connectivity index (χ1n) is 14.1. The average Bonchev–Trinajstić information content (AvgIpc) is 3.10. The smallest absolute Gasteiger partial charge is 0.118 e. The van der Waals surface area contributed by atoms with E-state index in [4.69, 9.17) is 31.8 Å². The third-order valence-electron chi connectivity index (χ3n) is 8.25. The molecule has 0 radical (unpaired) electrons. The van der Waals surface area contributed by atoms with Crippen molar-refractivity contribution in [3.8, 4) is 47.7 Å². The maximum absolute atomic E-state index is 6.54. The Morgan fingerprint density at radius 3 is 0.841 bits per heavy atom. The Bertz CT molecular complexity index is 1560. The van der Waals surface area contributed by atoms with E-state index >= 15 is 0 Å². The summed E-state index contributed by atoms with van der Waals surface area (Å²) < 4.78 is 21.8. The van der Waals surface area contributed by atoms with Crippen molar-refractivity contribution in [3.05, 3.63) is 155 Å². The highest BCUT2D eigenvalue weighted by Crippen LogP contribution is 2.44. The van der Waals surface area contributed by atoms with Crippen LogP contribution in [0.4, 0.5) is 0 Å². The first-order valence-corrected chi connectivity index (χ1v) is 14.1. The fourth-order valence-electron chi connectivity index (χ4n) is 5.85. The zero-order chi connectivity index (χ0) is 31.2. The molecule has 4 nitrogen and oxygen atoms in total. The van der Waals surface area contributed by atoms with Crippen molar-refractivity contribution < 1.29 is 18.9 Å². The van der Waals surface area contributed by atoms with Gasteiger partial charge < -0.3 is 18.9 Å². The summed E-state index contributed by atoms with van der Waals surface area (Å²) in [6, 6.07) is 39.8. The standard InChI is InChI=1S/C40H34O4/c1-7-39(29-12-20-35(41-3)21-13-29,30-14-22-36(42-4)23-15-30)33-10-9-11-34(28-33)40(8-2,31-16-24-37(43-5)25-17-31)32-18-26-38(44-6)27-19-32/h1-2,9-28H,3-6H3. The monoisotopic (exact) mass is 578 g/mol. The van der Waals surface area contributed by atoms with Crippen molar-refractivity contribution in [3.63, 3.8) is 0 Å². The van der Waals surface area contributed by atoms with Gasteiger partial charge in [-0.15, -0.1) is 12.8 Å². The minimum Gasteiger partial charge on any atom is -0.497 e. The lowest BCUT2D eigenvalue weighted by Crippen LogP contribution is -2.31. The number of ether oxygens (including phenoxy) is 4. The minimum atomic E-state index is -0.950. The number of hydrogen-bond donors (Lipinski definition) is 0. The third-order valence-corrected chi connectivity index (χ3v) is 8.25. The number of benzene rings is 5. The summed E-state index contributed by atoms with van der Waals surface area (Å²) in [7, 11) is 6.59. The SMILES string of the molecule is C#CC(c1ccc(OC)cc1)(c1ccc(OC)cc1)c1cccc(C(C#C)(c2ccc(OC)cc2)c2ccc(OC)cc2)c1. The van der Waals surface area contributed by atoms with Gasteiger partial charge in [0.15, 0.2) is 0 Å². The average molecular weight is 579 g/mol. The topological polar surface area (TPSA) is 36.9 Å². The molecule has 218 valence electrons. The van der Waals surface area contributed by atoms with E-state index in [1.165, 1.54) is 0 Å². The van der Waals surface area contributed by atoms with Crippen LogP contribution in [0.3, 0.4) is 0 Å². The van der Waals surface area contributed by atoms with Gasteiger partial charge in [-0.2, -0.15) is 0 Å². The molecule has 0 saturated heterocycles. The van der Waals surface area contributed by atoms with E-state index in [1.807, 2.05) is 103 Å². The summed E-state index contributed by atoms with van der Waals surface area (Å²) in [6.07, 6.45) is 13.1. The summed E-state index contributed by atoms with van der Waals surface area (Å²) >= 11 is 0. The molecule has 0 unspecified atom stereocenters. The Morgan fingerprint density at radius 2 is 0.636 bits per heavy atom. The van der Waals surface area contributed by atoms with Crippen LogP contribution in [0.5, 0.6) is 23.0 Å². The molecular formula is C40H34O4. The number of hydrogen-bond acceptors (Lipinski definition) is 4. The van der Waals surface area contributed by atoms with Crippen molar-refractivity contribution in [2.75, 3.05) is 28.4 Å². The number of terminal acetylenes is 2. The molecule has 0 amide bonds. The lowest BCUT2D eigenvalue weighted by atomic mass is 9.66. The largest absolute Gasteiger partial charge is 0.497 e. The molecule has 0 aliphatic carbocycles. The quantitative estimate of drug-likeness (QED) is 0.126. The van der Waals surface area contributed by atoms with Crippen LogP contribution in [0.2, 0.25) is 0 Å². The van der Waals surface area contributed by atoms with Gasteiger partial charge in [0.05, 0.1) is 28.4 Å². The van der Waals surface area contributed by atoms with Gasteiger partial charge in [-0.3, -0.25) is 0 Å². The van der Waals surface area contributed by atoms with Crippen LogP contribution in [-0.2, 0) is 10.8 Å². The molecule has 0 aliphatic rings. The van der Waals surface area contributed by atoms with Crippen LogP contribution >= 0.6 is 0 Å². The number of methoxy groups -OCH3 is 4. The summed E-state index contributed by atoms with van der Waals surface area (Å²) in [4.78, 5) is 0. The van der Waals surface area contributed by atoms with Gasteiger partial charge in [0.1, 0.15) is 33.8 Å². The maximum Gasteiger partial charge on any atom is 0.118 e. The van der Waals surface area contributed by atoms with Crippen molar-refractivity contribution in [1.29, 1.82) is 0 Å². The van der Waals surface area contributed by atoms with Gasteiger partial charge in [-0.1, -0.05) is 84.6 Å². The van der Waals surface area contributed by atoms with Crippen LogP contribution in [0.1, 0.15) is 33.4 Å². The second kappa shape index (κ2) is 12.7. The fourth-order valence-corrected chi connectivity index (χ4v) is 5.85. The molecule has 5 rings (SSSR count). The van der Waals surface area contributed by atoms with Crippen molar-refractivity contribution >= 4 is 0 Å². The third kappa shape index (κ3) is 5.13. The minimum absolute atomic E-state index is 0.744. The molecule has 0 N–H and O–H groups in total. The van der Waals surface area contributed by atoms with E-state index in [0.29, 0.717) is 0 Å². The lowest BCUT2D eigenvalue weighted by molar-refractivity contribution is 0.414. The summed E-state index contributed by atoms with van der Waals surface area (Å²) in [6.45, 7) is 0. The lowest BCUT2D eigenvalue weighted by Gasteiger charge is -2.34. The second-order valence-electron chi connectivity index (χ2n) is 10.3. The molecule has 0 saturated carbocycles. The molecule has 0 atom stereocenters. The van der Waals surface area contributed by atoms with Crippen LogP contribution in [0.25, 0.3) is 0 Å². The zero-order valence-corrected chi connectivity index (χ0v) is 25.3. The van der Waals surface area contributed by atoms with E-state index < -0.39 is 10.8 Å². The van der Waals surface area contributed by atoms with Crippen LogP contribution in [-0.4, -0.2) is 28.4 Å². The number of rotatable bonds is 10. The molecule has 5 aromatic rings. The summed E-state index contributed by atoms with van der Waals surface area (Å²) in [5.74, 6) is 9.33. The molecule has 0 bridgehead atoms.